The number of aliphatic hydroxyl groups excluding tert-OH is 1. The van der Waals surface area contributed by atoms with E-state index >= 15 is 0 Å². The maximum absolute atomic E-state index is 11.9. The number of amides is 1. The Bertz CT molecular complexity index is 549. The SMILES string of the molecule is CCCCCCCCc1ccc(CCC(NC(=O)OC(C)(C)C)C(O)O)cc1. The number of carbonyl (C=O) groups is 1. The first kappa shape index (κ1) is 24.4. The van der Waals surface area contributed by atoms with Crippen LogP contribution in [0, 0.1) is 0 Å². The summed E-state index contributed by atoms with van der Waals surface area (Å²) < 4.78 is 5.18. The summed E-state index contributed by atoms with van der Waals surface area (Å²) in [7, 11) is 0. The molecule has 160 valence electrons. The molecule has 0 aliphatic heterocycles. The van der Waals surface area contributed by atoms with Crippen LogP contribution in [0.15, 0.2) is 24.3 Å². The maximum atomic E-state index is 11.9. The van der Waals surface area contributed by atoms with E-state index in [0.717, 1.165) is 12.0 Å². The molecule has 1 aromatic carbocycles. The van der Waals surface area contributed by atoms with Crippen LogP contribution in [0.1, 0.15) is 83.8 Å². The molecule has 28 heavy (non-hydrogen) atoms. The number of rotatable bonds is 12. The van der Waals surface area contributed by atoms with Gasteiger partial charge in [0.2, 0.25) is 0 Å². The lowest BCUT2D eigenvalue weighted by Gasteiger charge is -2.24. The Kier molecular flexibility index (Phi) is 11.2. The number of ether oxygens (including phenoxy) is 1. The molecule has 0 fully saturated rings. The first-order valence-corrected chi connectivity index (χ1v) is 10.6. The molecule has 1 unspecified atom stereocenters. The fourth-order valence-corrected chi connectivity index (χ4v) is 3.06. The van der Waals surface area contributed by atoms with Gasteiger partial charge in [-0.3, -0.25) is 0 Å². The predicted molar refractivity (Wildman–Crippen MR) is 113 cm³/mol. The van der Waals surface area contributed by atoms with E-state index in [2.05, 4.69) is 36.5 Å². The molecule has 0 aliphatic rings. The van der Waals surface area contributed by atoms with Crippen molar-refractivity contribution in [1.29, 1.82) is 0 Å². The summed E-state index contributed by atoms with van der Waals surface area (Å²) in [5, 5.41) is 21.6. The summed E-state index contributed by atoms with van der Waals surface area (Å²) in [5.74, 6) is 0. The minimum atomic E-state index is -1.63. The van der Waals surface area contributed by atoms with Crippen LogP contribution in [0.2, 0.25) is 0 Å². The molecular weight excluding hydrogens is 354 g/mol. The monoisotopic (exact) mass is 393 g/mol. The number of benzene rings is 1. The van der Waals surface area contributed by atoms with E-state index in [1.807, 2.05) is 0 Å². The number of hydrogen-bond donors (Lipinski definition) is 3. The summed E-state index contributed by atoms with van der Waals surface area (Å²) in [5.41, 5.74) is 1.83. The number of unbranched alkanes of at least 4 members (excludes halogenated alkanes) is 5. The highest BCUT2D eigenvalue weighted by Gasteiger charge is 2.23. The van der Waals surface area contributed by atoms with Gasteiger partial charge in [-0.25, -0.2) is 4.79 Å². The molecule has 0 aromatic heterocycles. The van der Waals surface area contributed by atoms with Gasteiger partial charge in [0.05, 0.1) is 6.04 Å². The topological polar surface area (TPSA) is 78.8 Å². The van der Waals surface area contributed by atoms with Crippen LogP contribution in [-0.2, 0) is 17.6 Å². The lowest BCUT2D eigenvalue weighted by Crippen LogP contribution is -2.45. The van der Waals surface area contributed by atoms with Gasteiger partial charge in [0, 0.05) is 0 Å². The second kappa shape index (κ2) is 12.8. The third-order valence-electron chi connectivity index (χ3n) is 4.65. The standard InChI is InChI=1S/C23H39NO4/c1-5-6-7-8-9-10-11-18-12-14-19(15-13-18)16-17-20(21(25)26)24-22(27)28-23(2,3)4/h12-15,20-21,25-26H,5-11,16-17H2,1-4H3,(H,24,27). The molecule has 5 nitrogen and oxygen atoms in total. The summed E-state index contributed by atoms with van der Waals surface area (Å²) >= 11 is 0. The van der Waals surface area contributed by atoms with Crippen molar-refractivity contribution in [1.82, 2.24) is 5.32 Å². The fraction of sp³-hybridized carbons (Fsp3) is 0.696. The highest BCUT2D eigenvalue weighted by Crippen LogP contribution is 2.14. The largest absolute Gasteiger partial charge is 0.444 e. The summed E-state index contributed by atoms with van der Waals surface area (Å²) in [4.78, 5) is 11.9. The second-order valence-electron chi connectivity index (χ2n) is 8.54. The highest BCUT2D eigenvalue weighted by molar-refractivity contribution is 5.68. The van der Waals surface area contributed by atoms with E-state index in [1.165, 1.54) is 44.1 Å². The Labute approximate surface area is 170 Å². The molecule has 3 N–H and O–H groups in total. The van der Waals surface area contributed by atoms with Crippen molar-refractivity contribution in [2.24, 2.45) is 0 Å². The molecular formula is C23H39NO4. The van der Waals surface area contributed by atoms with Gasteiger partial charge in [-0.15, -0.1) is 0 Å². The Morgan fingerprint density at radius 2 is 1.50 bits per heavy atom. The first-order chi connectivity index (χ1) is 13.2. The smallest absolute Gasteiger partial charge is 0.408 e. The molecule has 0 saturated carbocycles. The Balaban J connectivity index is 2.39. The minimum absolute atomic E-state index is 0.424. The Morgan fingerprint density at radius 1 is 0.964 bits per heavy atom. The highest BCUT2D eigenvalue weighted by atomic mass is 16.6. The molecule has 1 amide bonds. The molecule has 1 atom stereocenters. The quantitative estimate of drug-likeness (QED) is 0.354. The predicted octanol–water partition coefficient (Wildman–Crippen LogP) is 4.73. The Morgan fingerprint density at radius 3 is 2.04 bits per heavy atom. The maximum Gasteiger partial charge on any atom is 0.408 e. The van der Waals surface area contributed by atoms with Crippen molar-refractivity contribution in [3.05, 3.63) is 35.4 Å². The number of hydrogen-bond acceptors (Lipinski definition) is 4. The minimum Gasteiger partial charge on any atom is -0.444 e. The van der Waals surface area contributed by atoms with Gasteiger partial charge in [-0.2, -0.15) is 0 Å². The number of aliphatic hydroxyl groups is 2. The van der Waals surface area contributed by atoms with Gasteiger partial charge in [0.15, 0.2) is 6.29 Å². The van der Waals surface area contributed by atoms with E-state index in [-0.39, 0.29) is 0 Å². The molecule has 0 aliphatic carbocycles. The molecule has 5 heteroatoms. The third-order valence-corrected chi connectivity index (χ3v) is 4.65. The van der Waals surface area contributed by atoms with Crippen molar-refractivity contribution >= 4 is 6.09 Å². The van der Waals surface area contributed by atoms with Crippen molar-refractivity contribution in [2.45, 2.75) is 103 Å². The fourth-order valence-electron chi connectivity index (χ4n) is 3.06. The molecule has 1 rings (SSSR count). The second-order valence-corrected chi connectivity index (χ2v) is 8.54. The molecule has 0 bridgehead atoms. The van der Waals surface area contributed by atoms with E-state index in [1.54, 1.807) is 20.8 Å². The van der Waals surface area contributed by atoms with Gasteiger partial charge >= 0.3 is 6.09 Å². The van der Waals surface area contributed by atoms with Crippen molar-refractivity contribution in [2.75, 3.05) is 0 Å². The zero-order valence-corrected chi connectivity index (χ0v) is 18.0. The van der Waals surface area contributed by atoms with E-state index < -0.39 is 24.0 Å². The Hall–Kier alpha value is -1.59. The van der Waals surface area contributed by atoms with Crippen LogP contribution in [0.3, 0.4) is 0 Å². The third kappa shape index (κ3) is 11.3. The summed E-state index contributed by atoms with van der Waals surface area (Å²) in [6, 6.07) is 7.69. The van der Waals surface area contributed by atoms with Crippen molar-refractivity contribution in [3.63, 3.8) is 0 Å². The zero-order chi connectivity index (χ0) is 21.0. The van der Waals surface area contributed by atoms with Crippen LogP contribution >= 0.6 is 0 Å². The summed E-state index contributed by atoms with van der Waals surface area (Å²) in [6.07, 6.45) is 7.69. The molecule has 0 radical (unpaired) electrons. The van der Waals surface area contributed by atoms with Gasteiger partial charge in [0.1, 0.15) is 5.60 Å². The van der Waals surface area contributed by atoms with Gasteiger partial charge in [-0.1, -0.05) is 63.3 Å². The van der Waals surface area contributed by atoms with E-state index in [9.17, 15) is 15.0 Å². The first-order valence-electron chi connectivity index (χ1n) is 10.6. The van der Waals surface area contributed by atoms with Crippen LogP contribution in [0.4, 0.5) is 4.79 Å². The van der Waals surface area contributed by atoms with Crippen molar-refractivity contribution in [3.8, 4) is 0 Å². The van der Waals surface area contributed by atoms with Gasteiger partial charge in [-0.05, 0) is 57.6 Å². The lowest BCUT2D eigenvalue weighted by atomic mass is 10.0. The van der Waals surface area contributed by atoms with Crippen LogP contribution in [0.25, 0.3) is 0 Å². The number of nitrogens with one attached hydrogen (secondary N) is 1. The normalized spacial score (nSPS) is 12.8. The summed E-state index contributed by atoms with van der Waals surface area (Å²) in [6.45, 7) is 7.54. The van der Waals surface area contributed by atoms with Crippen LogP contribution in [0.5, 0.6) is 0 Å². The average Bonchev–Trinajstić information content (AvgIpc) is 2.61. The van der Waals surface area contributed by atoms with Crippen molar-refractivity contribution < 1.29 is 19.7 Å². The van der Waals surface area contributed by atoms with Crippen LogP contribution in [-0.4, -0.2) is 34.2 Å². The molecule has 0 heterocycles. The molecule has 1 aromatic rings. The number of carbonyl (C=O) groups excluding carboxylic acids is 1. The number of aryl methyl sites for hydroxylation is 2. The average molecular weight is 394 g/mol. The van der Waals surface area contributed by atoms with Crippen LogP contribution < -0.4 is 5.32 Å². The molecule has 0 spiro atoms. The number of alkyl carbamates (subject to hydrolysis) is 1. The van der Waals surface area contributed by atoms with Gasteiger partial charge < -0.3 is 20.3 Å². The van der Waals surface area contributed by atoms with E-state index in [4.69, 9.17) is 4.74 Å². The van der Waals surface area contributed by atoms with E-state index in [0.29, 0.717) is 12.8 Å². The lowest BCUT2D eigenvalue weighted by molar-refractivity contribution is -0.0697. The zero-order valence-electron chi connectivity index (χ0n) is 18.0. The molecule has 0 saturated heterocycles. The van der Waals surface area contributed by atoms with Gasteiger partial charge in [0.25, 0.3) is 0 Å².